The van der Waals surface area contributed by atoms with Gasteiger partial charge in [0, 0.05) is 27.6 Å². The molecule has 0 bridgehead atoms. The maximum atomic E-state index is 11.0. The zero-order valence-corrected chi connectivity index (χ0v) is 8.22. The monoisotopic (exact) mass is 175 g/mol. The lowest BCUT2D eigenvalue weighted by atomic mass is 10.00. The van der Waals surface area contributed by atoms with E-state index in [-0.39, 0.29) is 13.3 Å². The number of hydrogen-bond donors (Lipinski definition) is 1. The first kappa shape index (κ1) is 11.4. The lowest BCUT2D eigenvalue weighted by Gasteiger charge is -2.19. The van der Waals surface area contributed by atoms with Crippen molar-refractivity contribution >= 4 is 5.91 Å². The molecule has 0 radical (unpaired) electrons. The summed E-state index contributed by atoms with van der Waals surface area (Å²) >= 11 is 0. The second kappa shape index (κ2) is 7.10. The van der Waals surface area contributed by atoms with E-state index in [1.54, 1.807) is 7.05 Å². The number of ether oxygens (including phenoxy) is 1. The molecule has 1 aliphatic heterocycles. The summed E-state index contributed by atoms with van der Waals surface area (Å²) in [7, 11) is 1.68. The van der Waals surface area contributed by atoms with E-state index in [1.807, 2.05) is 13.8 Å². The lowest BCUT2D eigenvalue weighted by molar-refractivity contribution is -0.127. The van der Waals surface area contributed by atoms with Gasteiger partial charge in [0.15, 0.2) is 0 Å². The van der Waals surface area contributed by atoms with Gasteiger partial charge in [0.25, 0.3) is 0 Å². The molecule has 0 aliphatic carbocycles. The Morgan fingerprint density at radius 3 is 2.33 bits per heavy atom. The van der Waals surface area contributed by atoms with Crippen LogP contribution in [0.1, 0.15) is 28.1 Å². The third kappa shape index (κ3) is 3.72. The molecule has 1 fully saturated rings. The van der Waals surface area contributed by atoms with Crippen LogP contribution in [0.25, 0.3) is 0 Å². The molecule has 3 nitrogen and oxygen atoms in total. The van der Waals surface area contributed by atoms with Crippen LogP contribution in [0.3, 0.4) is 0 Å². The van der Waals surface area contributed by atoms with E-state index in [4.69, 9.17) is 4.74 Å². The topological polar surface area (TPSA) is 38.3 Å². The Morgan fingerprint density at radius 2 is 1.92 bits per heavy atom. The normalized spacial score (nSPS) is 17.6. The van der Waals surface area contributed by atoms with Crippen LogP contribution in [0.4, 0.5) is 0 Å². The second-order valence-electron chi connectivity index (χ2n) is 2.50. The quantitative estimate of drug-likeness (QED) is 0.654. The molecule has 12 heavy (non-hydrogen) atoms. The van der Waals surface area contributed by atoms with E-state index in [9.17, 15) is 4.79 Å². The van der Waals surface area contributed by atoms with Crippen LogP contribution in [-0.4, -0.2) is 26.2 Å². The predicted molar refractivity (Wildman–Crippen MR) is 51.1 cm³/mol. The van der Waals surface area contributed by atoms with Crippen LogP contribution in [-0.2, 0) is 9.53 Å². The maximum Gasteiger partial charge on any atom is 0.223 e. The van der Waals surface area contributed by atoms with Crippen LogP contribution < -0.4 is 5.32 Å². The summed E-state index contributed by atoms with van der Waals surface area (Å²) in [5.74, 6) is 0.349. The van der Waals surface area contributed by atoms with Gasteiger partial charge in [-0.3, -0.25) is 4.79 Å². The molecular weight excluding hydrogens is 154 g/mol. The van der Waals surface area contributed by atoms with Crippen LogP contribution in [0.5, 0.6) is 0 Å². The van der Waals surface area contributed by atoms with Crippen molar-refractivity contribution in [3.05, 3.63) is 0 Å². The summed E-state index contributed by atoms with van der Waals surface area (Å²) in [6, 6.07) is 0. The van der Waals surface area contributed by atoms with Crippen molar-refractivity contribution in [2.24, 2.45) is 5.92 Å². The van der Waals surface area contributed by atoms with Crippen molar-refractivity contribution in [3.63, 3.8) is 0 Å². The van der Waals surface area contributed by atoms with Crippen LogP contribution in [0.15, 0.2) is 0 Å². The number of carbonyl (C=O) groups is 1. The van der Waals surface area contributed by atoms with Crippen molar-refractivity contribution in [2.75, 3.05) is 20.3 Å². The Kier molecular flexibility index (Phi) is 6.76. The van der Waals surface area contributed by atoms with E-state index >= 15 is 0 Å². The van der Waals surface area contributed by atoms with Crippen molar-refractivity contribution < 1.29 is 11.0 Å². The Hall–Kier alpha value is -0.570. The highest BCUT2D eigenvalue weighted by atomic mass is 16.5. The van der Waals surface area contributed by atoms with Gasteiger partial charge in [0.05, 0.1) is 0 Å². The smallest absolute Gasteiger partial charge is 0.223 e. The van der Waals surface area contributed by atoms with Crippen LogP contribution in [0.2, 0.25) is 0 Å². The fourth-order valence-corrected chi connectivity index (χ4v) is 1.16. The summed E-state index contributed by atoms with van der Waals surface area (Å²) in [6.45, 7) is 5.47. The van der Waals surface area contributed by atoms with Gasteiger partial charge in [-0.05, 0) is 12.8 Å². The largest absolute Gasteiger partial charge is 0.381 e. The van der Waals surface area contributed by atoms with Gasteiger partial charge in [0.2, 0.25) is 5.91 Å². The lowest BCUT2D eigenvalue weighted by Crippen LogP contribution is -2.31. The number of amides is 1. The first-order valence-corrected chi connectivity index (χ1v) is 4.64. The Morgan fingerprint density at radius 1 is 1.42 bits per heavy atom. The minimum Gasteiger partial charge on any atom is -0.381 e. The molecule has 1 aliphatic rings. The molecule has 0 saturated carbocycles. The minimum atomic E-state index is 0. The molecule has 1 saturated heterocycles. The van der Waals surface area contributed by atoms with Crippen LogP contribution in [0, 0.1) is 5.92 Å². The molecule has 0 atom stereocenters. The summed E-state index contributed by atoms with van der Waals surface area (Å²) in [4.78, 5) is 11.0. The van der Waals surface area contributed by atoms with Gasteiger partial charge in [-0.1, -0.05) is 13.8 Å². The minimum absolute atomic E-state index is 0. The summed E-state index contributed by atoms with van der Waals surface area (Å²) in [5.41, 5.74) is 0. The third-order valence-corrected chi connectivity index (χ3v) is 1.84. The summed E-state index contributed by atoms with van der Waals surface area (Å²) in [6.07, 6.45) is 1.75. The molecular formula is C9H21NO2. The van der Waals surface area contributed by atoms with E-state index in [0.29, 0.717) is 0 Å². The molecule has 3 heteroatoms. The summed E-state index contributed by atoms with van der Waals surface area (Å²) in [5, 5.41) is 2.64. The third-order valence-electron chi connectivity index (χ3n) is 1.84. The molecule has 74 valence electrons. The van der Waals surface area contributed by atoms with E-state index in [1.165, 1.54) is 0 Å². The van der Waals surface area contributed by atoms with Gasteiger partial charge in [0.1, 0.15) is 0 Å². The predicted octanol–water partition coefficient (Wildman–Crippen LogP) is 1.43. The summed E-state index contributed by atoms with van der Waals surface area (Å²) < 4.78 is 5.11. The van der Waals surface area contributed by atoms with Crippen molar-refractivity contribution in [2.45, 2.75) is 26.7 Å². The highest BCUT2D eigenvalue weighted by molar-refractivity contribution is 5.78. The SMILES string of the molecule is CC.CNC(=O)C1CCOCC1.[HH]. The molecule has 0 unspecified atom stereocenters. The van der Waals surface area contributed by atoms with E-state index in [2.05, 4.69) is 5.32 Å². The highest BCUT2D eigenvalue weighted by Gasteiger charge is 2.19. The van der Waals surface area contributed by atoms with Gasteiger partial charge in [-0.25, -0.2) is 0 Å². The molecule has 0 aromatic rings. The molecule has 1 rings (SSSR count). The fraction of sp³-hybridized carbons (Fsp3) is 0.889. The maximum absolute atomic E-state index is 11.0. The van der Waals surface area contributed by atoms with Gasteiger partial charge in [-0.2, -0.15) is 0 Å². The molecule has 1 amide bonds. The number of hydrogen-bond acceptors (Lipinski definition) is 2. The molecule has 0 aromatic heterocycles. The van der Waals surface area contributed by atoms with Gasteiger partial charge in [-0.15, -0.1) is 0 Å². The zero-order chi connectivity index (χ0) is 9.40. The first-order valence-electron chi connectivity index (χ1n) is 4.64. The van der Waals surface area contributed by atoms with Crippen molar-refractivity contribution in [1.82, 2.24) is 5.32 Å². The number of nitrogens with one attached hydrogen (secondary N) is 1. The molecule has 0 spiro atoms. The highest BCUT2D eigenvalue weighted by Crippen LogP contribution is 2.13. The Bertz CT molecular complexity index is 125. The van der Waals surface area contributed by atoms with E-state index in [0.717, 1.165) is 26.1 Å². The number of carbonyl (C=O) groups excluding carboxylic acids is 1. The fourth-order valence-electron chi connectivity index (χ4n) is 1.16. The van der Waals surface area contributed by atoms with Gasteiger partial charge >= 0.3 is 0 Å². The number of rotatable bonds is 1. The zero-order valence-electron chi connectivity index (χ0n) is 8.22. The average molecular weight is 175 g/mol. The standard InChI is InChI=1S/C7H13NO2.C2H6.H2/c1-8-7(9)6-2-4-10-5-3-6;1-2;/h6H,2-5H2,1H3,(H,8,9);1-2H3;1H. The van der Waals surface area contributed by atoms with Gasteiger partial charge < -0.3 is 10.1 Å². The van der Waals surface area contributed by atoms with E-state index < -0.39 is 0 Å². The second-order valence-corrected chi connectivity index (χ2v) is 2.50. The van der Waals surface area contributed by atoms with Crippen molar-refractivity contribution in [1.29, 1.82) is 0 Å². The van der Waals surface area contributed by atoms with Crippen molar-refractivity contribution in [3.8, 4) is 0 Å². The molecule has 1 heterocycles. The average Bonchev–Trinajstić information content (AvgIpc) is 2.21. The molecule has 1 N–H and O–H groups in total. The Labute approximate surface area is 76.0 Å². The molecule has 0 aromatic carbocycles. The van der Waals surface area contributed by atoms with Crippen LogP contribution >= 0.6 is 0 Å². The first-order chi connectivity index (χ1) is 5.84. The Balaban J connectivity index is 0.